The van der Waals surface area contributed by atoms with E-state index in [1.807, 2.05) is 26.8 Å². The first-order valence-corrected chi connectivity index (χ1v) is 12.9. The molecule has 1 aliphatic heterocycles. The predicted molar refractivity (Wildman–Crippen MR) is 145 cm³/mol. The van der Waals surface area contributed by atoms with Crippen LogP contribution in [-0.4, -0.2) is 61.2 Å². The molecule has 4 N–H and O–H groups in total. The van der Waals surface area contributed by atoms with Gasteiger partial charge in [0.1, 0.15) is 6.10 Å². The Morgan fingerprint density at radius 2 is 1.77 bits per heavy atom. The lowest BCUT2D eigenvalue weighted by atomic mass is 9.85. The molecule has 0 fully saturated rings. The Balaban J connectivity index is 2.57. The van der Waals surface area contributed by atoms with Gasteiger partial charge in [-0.25, -0.2) is 4.79 Å². The molecule has 1 heterocycles. The van der Waals surface area contributed by atoms with Crippen molar-refractivity contribution < 1.29 is 38.5 Å². The Morgan fingerprint density at radius 1 is 1.10 bits per heavy atom. The smallest absolute Gasteiger partial charge is 0.405 e. The summed E-state index contributed by atoms with van der Waals surface area (Å²) in [4.78, 5) is 50.5. The number of ketones is 2. The summed E-state index contributed by atoms with van der Waals surface area (Å²) >= 11 is 0. The topological polar surface area (TPSA) is 154 Å². The summed E-state index contributed by atoms with van der Waals surface area (Å²) in [5.41, 5.74) is 6.32. The second kappa shape index (κ2) is 14.0. The summed E-state index contributed by atoms with van der Waals surface area (Å²) in [7, 11) is 2.81. The molecule has 6 atom stereocenters. The van der Waals surface area contributed by atoms with Gasteiger partial charge in [0, 0.05) is 36.2 Å². The van der Waals surface area contributed by atoms with Crippen LogP contribution in [0.25, 0.3) is 0 Å². The molecular formula is C29H40N2O8. The molecule has 2 rings (SSSR count). The number of primary amides is 1. The fraction of sp³-hybridized carbons (Fsp3) is 0.517. The van der Waals surface area contributed by atoms with Crippen LogP contribution in [0, 0.1) is 17.8 Å². The monoisotopic (exact) mass is 544 g/mol. The van der Waals surface area contributed by atoms with Crippen molar-refractivity contribution in [3.8, 4) is 0 Å². The zero-order valence-electron chi connectivity index (χ0n) is 23.6. The quantitative estimate of drug-likeness (QED) is 0.362. The number of Topliss-reactive ketones (excluding diaryl/α,β-unsaturated/α-hetero) is 1. The van der Waals surface area contributed by atoms with Gasteiger partial charge < -0.3 is 30.4 Å². The van der Waals surface area contributed by atoms with Crippen LogP contribution in [0.2, 0.25) is 0 Å². The fourth-order valence-corrected chi connectivity index (χ4v) is 4.84. The zero-order chi connectivity index (χ0) is 29.4. The Morgan fingerprint density at radius 3 is 2.36 bits per heavy atom. The van der Waals surface area contributed by atoms with E-state index in [1.165, 1.54) is 14.2 Å². The van der Waals surface area contributed by atoms with E-state index in [2.05, 4.69) is 5.32 Å². The van der Waals surface area contributed by atoms with Gasteiger partial charge in [0.05, 0.1) is 25.0 Å². The molecular weight excluding hydrogens is 504 g/mol. The van der Waals surface area contributed by atoms with Gasteiger partial charge in [0.25, 0.3) is 5.91 Å². The minimum Gasteiger partial charge on any atom is -0.492 e. The molecule has 2 amide bonds. The number of hydrogen-bond donors (Lipinski definition) is 3. The van der Waals surface area contributed by atoms with Crippen LogP contribution in [0.3, 0.4) is 0 Å². The zero-order valence-corrected chi connectivity index (χ0v) is 23.6. The van der Waals surface area contributed by atoms with E-state index in [0.717, 1.165) is 6.08 Å². The molecule has 0 spiro atoms. The molecule has 0 saturated carbocycles. The van der Waals surface area contributed by atoms with E-state index in [0.29, 0.717) is 12.0 Å². The Hall–Kier alpha value is -3.50. The van der Waals surface area contributed by atoms with Crippen molar-refractivity contribution in [2.24, 2.45) is 23.5 Å². The Bertz CT molecular complexity index is 1130. The average molecular weight is 545 g/mol. The number of fused-ring (bicyclic) bond motifs is 2. The van der Waals surface area contributed by atoms with Crippen LogP contribution >= 0.6 is 0 Å². The van der Waals surface area contributed by atoms with Gasteiger partial charge in [0.2, 0.25) is 11.6 Å². The number of carbonyl (C=O) groups is 4. The molecule has 10 heteroatoms. The lowest BCUT2D eigenvalue weighted by molar-refractivity contribution is -0.120. The number of carbonyl (C=O) groups excluding carboxylic acids is 4. The van der Waals surface area contributed by atoms with E-state index >= 15 is 0 Å². The van der Waals surface area contributed by atoms with E-state index < -0.39 is 41.9 Å². The molecule has 6 unspecified atom stereocenters. The van der Waals surface area contributed by atoms with E-state index in [-0.39, 0.29) is 46.8 Å². The largest absolute Gasteiger partial charge is 0.492 e. The number of ether oxygens (including phenoxy) is 3. The van der Waals surface area contributed by atoms with Crippen molar-refractivity contribution in [3.63, 3.8) is 0 Å². The van der Waals surface area contributed by atoms with Crippen LogP contribution in [0.5, 0.6) is 0 Å². The SMILES string of the molecule is COC1=C2CC(C)CC(OC)C(O)C(C)C=C(C)C(OC(N)=O)C(C)C=CC=C(C)C(=O)NC(=CC1=O)C2=O. The van der Waals surface area contributed by atoms with Gasteiger partial charge in [-0.05, 0) is 38.2 Å². The number of rotatable bonds is 3. The van der Waals surface area contributed by atoms with Gasteiger partial charge in [-0.2, -0.15) is 0 Å². The molecule has 10 nitrogen and oxygen atoms in total. The van der Waals surface area contributed by atoms with E-state index in [1.54, 1.807) is 32.1 Å². The van der Waals surface area contributed by atoms with Gasteiger partial charge in [0.15, 0.2) is 5.76 Å². The third-order valence-electron chi connectivity index (χ3n) is 6.97. The molecule has 1 aliphatic carbocycles. The maximum atomic E-state index is 13.3. The number of methoxy groups -OCH3 is 2. The Labute approximate surface area is 229 Å². The molecule has 2 bridgehead atoms. The summed E-state index contributed by atoms with van der Waals surface area (Å²) in [6.45, 7) is 8.88. The summed E-state index contributed by atoms with van der Waals surface area (Å²) in [5, 5.41) is 13.7. The van der Waals surface area contributed by atoms with Crippen LogP contribution in [0.4, 0.5) is 4.79 Å². The molecule has 214 valence electrons. The van der Waals surface area contributed by atoms with Crippen LogP contribution in [0.15, 0.2) is 58.6 Å². The molecule has 39 heavy (non-hydrogen) atoms. The average Bonchev–Trinajstić information content (AvgIpc) is 2.87. The predicted octanol–water partition coefficient (Wildman–Crippen LogP) is 3.03. The van der Waals surface area contributed by atoms with Gasteiger partial charge in [-0.1, -0.05) is 45.1 Å². The maximum absolute atomic E-state index is 13.3. The van der Waals surface area contributed by atoms with Gasteiger partial charge in [-0.15, -0.1) is 0 Å². The number of allylic oxidation sites excluding steroid dienone is 4. The van der Waals surface area contributed by atoms with Crippen molar-refractivity contribution in [2.45, 2.75) is 65.8 Å². The second-order valence-electron chi connectivity index (χ2n) is 10.2. The molecule has 0 aromatic carbocycles. The molecule has 0 aromatic rings. The van der Waals surface area contributed by atoms with Crippen molar-refractivity contribution in [1.82, 2.24) is 5.32 Å². The van der Waals surface area contributed by atoms with Crippen LogP contribution < -0.4 is 11.1 Å². The lowest BCUT2D eigenvalue weighted by Crippen LogP contribution is -2.36. The highest BCUT2D eigenvalue weighted by Gasteiger charge is 2.33. The number of aliphatic hydroxyl groups is 1. The minimum absolute atomic E-state index is 0.0677. The van der Waals surface area contributed by atoms with Crippen LogP contribution in [-0.2, 0) is 28.6 Å². The third-order valence-corrected chi connectivity index (χ3v) is 6.97. The number of nitrogens with one attached hydrogen (secondary N) is 1. The highest BCUT2D eigenvalue weighted by molar-refractivity contribution is 6.23. The fourth-order valence-electron chi connectivity index (χ4n) is 4.84. The number of aliphatic hydroxyl groups excluding tert-OH is 1. The maximum Gasteiger partial charge on any atom is 0.405 e. The molecule has 2 aliphatic rings. The van der Waals surface area contributed by atoms with Gasteiger partial charge >= 0.3 is 6.09 Å². The summed E-state index contributed by atoms with van der Waals surface area (Å²) < 4.78 is 16.2. The minimum atomic E-state index is -0.933. The first-order chi connectivity index (χ1) is 18.3. The van der Waals surface area contributed by atoms with Crippen molar-refractivity contribution >= 4 is 23.6 Å². The number of nitrogens with two attached hydrogens (primary N) is 1. The van der Waals surface area contributed by atoms with Crippen molar-refractivity contribution in [1.29, 1.82) is 0 Å². The standard InChI is InChI=1S/C29H40N2O8/c1-15-11-20-25(34)21(14-22(32)27(20)38-7)31-28(35)17(3)10-8-9-16(2)26(39-29(30)36)19(5)13-18(4)24(33)23(12-15)37-6/h8-10,13-16,18,23-24,26,33H,11-12H2,1-7H3,(H2,30,36)(H,31,35). The van der Waals surface area contributed by atoms with Crippen LogP contribution in [0.1, 0.15) is 47.5 Å². The normalized spacial score (nSPS) is 29.7. The Kier molecular flexibility index (Phi) is 11.4. The highest BCUT2D eigenvalue weighted by Crippen LogP contribution is 2.29. The summed E-state index contributed by atoms with van der Waals surface area (Å²) in [6.07, 6.45) is 5.18. The first kappa shape index (κ1) is 31.7. The lowest BCUT2D eigenvalue weighted by Gasteiger charge is -2.29. The summed E-state index contributed by atoms with van der Waals surface area (Å²) in [6, 6.07) is 0. The highest BCUT2D eigenvalue weighted by atomic mass is 16.6. The molecule has 0 aromatic heterocycles. The van der Waals surface area contributed by atoms with E-state index in [9.17, 15) is 24.3 Å². The molecule has 0 radical (unpaired) electrons. The first-order valence-electron chi connectivity index (χ1n) is 12.9. The van der Waals surface area contributed by atoms with Gasteiger partial charge in [-0.3, -0.25) is 14.4 Å². The van der Waals surface area contributed by atoms with Crippen molar-refractivity contribution in [3.05, 3.63) is 58.6 Å². The molecule has 0 saturated heterocycles. The number of hydrogen-bond acceptors (Lipinski definition) is 8. The second-order valence-corrected chi connectivity index (χ2v) is 10.2. The number of amides is 2. The summed E-state index contributed by atoms with van der Waals surface area (Å²) in [5.74, 6) is -2.56. The van der Waals surface area contributed by atoms with Crippen molar-refractivity contribution in [2.75, 3.05) is 14.2 Å². The third kappa shape index (κ3) is 8.24. The van der Waals surface area contributed by atoms with E-state index in [4.69, 9.17) is 19.9 Å².